The van der Waals surface area contributed by atoms with Gasteiger partial charge < -0.3 is 10.6 Å². The monoisotopic (exact) mass is 447 g/mol. The number of rotatable bonds is 6. The summed E-state index contributed by atoms with van der Waals surface area (Å²) in [5.74, 6) is -0.761. The lowest BCUT2D eigenvalue weighted by Crippen LogP contribution is -2.61. The van der Waals surface area contributed by atoms with Gasteiger partial charge in [0, 0.05) is 26.1 Å². The number of nitrogens with one attached hydrogen (secondary N) is 4. The van der Waals surface area contributed by atoms with Crippen LogP contribution in [0.3, 0.4) is 0 Å². The Balaban J connectivity index is 1.44. The highest BCUT2D eigenvalue weighted by Gasteiger charge is 2.43. The quantitative estimate of drug-likeness (QED) is 0.468. The first-order valence-corrected chi connectivity index (χ1v) is 11.6. The number of aryl methyl sites for hydroxylation is 1. The first kappa shape index (κ1) is 21.4. The number of carbonyl (C=O) groups is 2. The fourth-order valence-electron chi connectivity index (χ4n) is 3.75. The third-order valence-corrected chi connectivity index (χ3v) is 7.11. The third kappa shape index (κ3) is 4.46. The molecule has 1 aromatic heterocycles. The van der Waals surface area contributed by atoms with Crippen LogP contribution in [-0.4, -0.2) is 60.5 Å². The molecule has 2 aliphatic rings. The molecule has 0 radical (unpaired) electrons. The summed E-state index contributed by atoms with van der Waals surface area (Å²) in [5, 5.41) is 15.1. The molecule has 1 aromatic carbocycles. The Hall–Kier alpha value is -2.80. The summed E-state index contributed by atoms with van der Waals surface area (Å²) in [7, 11) is -1.72. The zero-order chi connectivity index (χ0) is 22.2. The van der Waals surface area contributed by atoms with Crippen molar-refractivity contribution < 1.29 is 18.0 Å². The molecule has 0 bridgehead atoms. The number of aromatic nitrogens is 2. The number of anilines is 1. The van der Waals surface area contributed by atoms with Crippen molar-refractivity contribution in [3.05, 3.63) is 42.1 Å². The van der Waals surface area contributed by atoms with E-state index in [1.165, 1.54) is 16.8 Å². The Morgan fingerprint density at radius 1 is 1.29 bits per heavy atom. The van der Waals surface area contributed by atoms with E-state index in [1.807, 2.05) is 12.1 Å². The molecule has 2 saturated heterocycles. The fraction of sp³-hybridized carbons (Fsp3) is 0.421. The van der Waals surface area contributed by atoms with Crippen molar-refractivity contribution in [2.75, 3.05) is 24.7 Å². The summed E-state index contributed by atoms with van der Waals surface area (Å²) in [6.45, 7) is 2.30. The molecule has 12 heteroatoms. The molecule has 0 spiro atoms. The molecular weight excluding hydrogens is 422 g/mol. The average molecular weight is 448 g/mol. The van der Waals surface area contributed by atoms with Gasteiger partial charge in [-0.1, -0.05) is 18.2 Å². The number of nitrogens with zero attached hydrogens (tertiary/aromatic N) is 3. The number of benzene rings is 1. The minimum Gasteiger partial charge on any atom is -0.321 e. The number of hydrogen-bond acceptors (Lipinski definition) is 8. The van der Waals surface area contributed by atoms with E-state index in [2.05, 4.69) is 26.5 Å². The van der Waals surface area contributed by atoms with E-state index in [4.69, 9.17) is 0 Å². The van der Waals surface area contributed by atoms with Crippen LogP contribution in [0.1, 0.15) is 18.4 Å². The van der Waals surface area contributed by atoms with Crippen molar-refractivity contribution in [2.45, 2.75) is 30.7 Å². The molecule has 4 N–H and O–H groups in total. The van der Waals surface area contributed by atoms with E-state index in [0.29, 0.717) is 18.1 Å². The average Bonchev–Trinajstić information content (AvgIpc) is 3.30. The Kier molecular flexibility index (Phi) is 5.79. The van der Waals surface area contributed by atoms with Crippen LogP contribution < -0.4 is 21.4 Å². The maximum absolute atomic E-state index is 12.5. The van der Waals surface area contributed by atoms with Crippen molar-refractivity contribution in [2.24, 2.45) is 5.92 Å². The molecule has 2 amide bonds. The highest BCUT2D eigenvalue weighted by molar-refractivity contribution is 7.91. The second-order valence-corrected chi connectivity index (χ2v) is 9.76. The normalized spacial score (nSPS) is 23.9. The topological polar surface area (TPSA) is 137 Å². The van der Waals surface area contributed by atoms with Crippen molar-refractivity contribution >= 4 is 27.5 Å². The molecule has 2 aromatic rings. The van der Waals surface area contributed by atoms with Gasteiger partial charge in [0.2, 0.25) is 11.8 Å². The number of amides is 2. The second-order valence-electron chi connectivity index (χ2n) is 7.65. The fourth-order valence-corrected chi connectivity index (χ4v) is 5.01. The molecule has 4 rings (SSSR count). The summed E-state index contributed by atoms with van der Waals surface area (Å²) in [6, 6.07) is 9.69. The molecule has 11 nitrogen and oxygen atoms in total. The summed E-state index contributed by atoms with van der Waals surface area (Å²) in [6.07, 6.45) is -1.08. The Morgan fingerprint density at radius 3 is 2.77 bits per heavy atom. The molecular formula is C19H25N7O4S. The van der Waals surface area contributed by atoms with Gasteiger partial charge in [-0.3, -0.25) is 20.3 Å². The minimum atomic E-state index is -3.56. The van der Waals surface area contributed by atoms with Gasteiger partial charge in [0.05, 0.1) is 28.4 Å². The van der Waals surface area contributed by atoms with Gasteiger partial charge in [0.1, 0.15) is 5.82 Å². The van der Waals surface area contributed by atoms with Gasteiger partial charge in [0.15, 0.2) is 16.1 Å². The third-order valence-electron chi connectivity index (χ3n) is 5.37. The molecule has 0 saturated carbocycles. The lowest BCUT2D eigenvalue weighted by atomic mass is 10.1. The summed E-state index contributed by atoms with van der Waals surface area (Å²) in [4.78, 5) is 25.2. The molecule has 2 fully saturated rings. The molecule has 3 unspecified atom stereocenters. The lowest BCUT2D eigenvalue weighted by Gasteiger charge is -2.35. The lowest BCUT2D eigenvalue weighted by molar-refractivity contribution is -0.131. The molecule has 31 heavy (non-hydrogen) atoms. The minimum absolute atomic E-state index is 0.120. The molecule has 166 valence electrons. The number of hydrazine groups is 1. The van der Waals surface area contributed by atoms with E-state index >= 15 is 0 Å². The largest absolute Gasteiger partial charge is 0.321 e. The number of carbonyl (C=O) groups excluding carboxylic acids is 2. The van der Waals surface area contributed by atoms with E-state index < -0.39 is 22.0 Å². The standard InChI is InChI=1S/C19H25N7O4S/c1-12-10-15(21-16(27)8-9-31(29,30)13-6-4-3-5-7-13)26(24-12)19-22-17-14(18(28)23-19)11-20-25(17)2/h3-7,10,14,17,19-20,22H,8-9,11H2,1-2H3,(H,21,27)(H,23,28). The maximum Gasteiger partial charge on any atom is 0.230 e. The van der Waals surface area contributed by atoms with Crippen molar-refractivity contribution in [1.29, 1.82) is 0 Å². The SMILES string of the molecule is Cc1cc(NC(=O)CCS(=O)(=O)c2ccccc2)n(C2NC(=O)C3CNN(C)C3N2)n1. The van der Waals surface area contributed by atoms with E-state index in [9.17, 15) is 18.0 Å². The van der Waals surface area contributed by atoms with Gasteiger partial charge in [0.25, 0.3) is 0 Å². The van der Waals surface area contributed by atoms with E-state index in [-0.39, 0.29) is 35.1 Å². The summed E-state index contributed by atoms with van der Waals surface area (Å²) < 4.78 is 26.3. The van der Waals surface area contributed by atoms with Gasteiger partial charge in [-0.05, 0) is 19.1 Å². The van der Waals surface area contributed by atoms with Crippen molar-refractivity contribution in [3.8, 4) is 0 Å². The van der Waals surface area contributed by atoms with Crippen LogP contribution in [-0.2, 0) is 19.4 Å². The van der Waals surface area contributed by atoms with Gasteiger partial charge >= 0.3 is 0 Å². The van der Waals surface area contributed by atoms with Crippen LogP contribution in [0.15, 0.2) is 41.3 Å². The first-order chi connectivity index (χ1) is 14.7. The Labute approximate surface area is 180 Å². The van der Waals surface area contributed by atoms with E-state index in [1.54, 1.807) is 31.2 Å². The number of sulfone groups is 1. The highest BCUT2D eigenvalue weighted by Crippen LogP contribution is 2.23. The smallest absolute Gasteiger partial charge is 0.230 e. The summed E-state index contributed by atoms with van der Waals surface area (Å²) >= 11 is 0. The predicted octanol–water partition coefficient (Wildman–Crippen LogP) is -0.438. The predicted molar refractivity (Wildman–Crippen MR) is 112 cm³/mol. The first-order valence-electron chi connectivity index (χ1n) is 9.91. The van der Waals surface area contributed by atoms with Crippen LogP contribution in [0.4, 0.5) is 5.82 Å². The van der Waals surface area contributed by atoms with Crippen molar-refractivity contribution in [1.82, 2.24) is 30.8 Å². The van der Waals surface area contributed by atoms with Crippen LogP contribution >= 0.6 is 0 Å². The number of fused-ring (bicyclic) bond motifs is 1. The molecule has 3 atom stereocenters. The zero-order valence-electron chi connectivity index (χ0n) is 17.2. The molecule has 2 aliphatic heterocycles. The van der Waals surface area contributed by atoms with Crippen LogP contribution in [0.5, 0.6) is 0 Å². The van der Waals surface area contributed by atoms with Crippen LogP contribution in [0, 0.1) is 12.8 Å². The zero-order valence-corrected chi connectivity index (χ0v) is 18.0. The van der Waals surface area contributed by atoms with Gasteiger partial charge in [-0.25, -0.2) is 18.1 Å². The number of hydrogen-bond donors (Lipinski definition) is 4. The van der Waals surface area contributed by atoms with Gasteiger partial charge in [-0.2, -0.15) is 5.10 Å². The second kappa shape index (κ2) is 8.38. The summed E-state index contributed by atoms with van der Waals surface area (Å²) in [5.41, 5.74) is 3.76. The Bertz CT molecular complexity index is 1090. The van der Waals surface area contributed by atoms with E-state index in [0.717, 1.165) is 0 Å². The van der Waals surface area contributed by atoms with Crippen LogP contribution in [0.25, 0.3) is 0 Å². The molecule has 0 aliphatic carbocycles. The van der Waals surface area contributed by atoms with Crippen LogP contribution in [0.2, 0.25) is 0 Å². The van der Waals surface area contributed by atoms with Crippen molar-refractivity contribution in [3.63, 3.8) is 0 Å². The maximum atomic E-state index is 12.5. The molecule has 3 heterocycles. The Morgan fingerprint density at radius 2 is 2.03 bits per heavy atom. The highest BCUT2D eigenvalue weighted by atomic mass is 32.2. The van der Waals surface area contributed by atoms with Gasteiger partial charge in [-0.15, -0.1) is 0 Å².